The summed E-state index contributed by atoms with van der Waals surface area (Å²) in [4.78, 5) is 0.215. The summed E-state index contributed by atoms with van der Waals surface area (Å²) in [6, 6.07) is 8.09. The van der Waals surface area contributed by atoms with E-state index in [0.717, 1.165) is 0 Å². The van der Waals surface area contributed by atoms with E-state index < -0.39 is 10.1 Å². The molecule has 0 bridgehead atoms. The molecule has 0 saturated carbocycles. The second kappa shape index (κ2) is 3.56. The third kappa shape index (κ3) is 2.19. The van der Waals surface area contributed by atoms with Gasteiger partial charge in [-0.15, -0.1) is 0 Å². The molecule has 0 saturated heterocycles. The van der Waals surface area contributed by atoms with Crippen molar-refractivity contribution < 1.29 is 10.9 Å². The first-order chi connectivity index (χ1) is 5.17. The third-order valence-electron chi connectivity index (χ3n) is 1.16. The van der Waals surface area contributed by atoms with Crippen molar-refractivity contribution in [2.75, 3.05) is 0 Å². The van der Waals surface area contributed by atoms with Crippen LogP contribution in [-0.2, 0) is 12.6 Å². The molecule has 0 aliphatic rings. The van der Waals surface area contributed by atoms with Crippen molar-refractivity contribution in [1.29, 1.82) is 0 Å². The van der Waals surface area contributed by atoms with Gasteiger partial charge in [-0.3, -0.25) is 0 Å². The first-order valence-electron chi connectivity index (χ1n) is 2.85. The molecule has 5 heteroatoms. The van der Waals surface area contributed by atoms with Crippen molar-refractivity contribution in [2.45, 2.75) is 4.90 Å². The zero-order valence-electron chi connectivity index (χ0n) is 5.60. The van der Waals surface area contributed by atoms with E-state index >= 15 is 0 Å². The summed E-state index contributed by atoms with van der Waals surface area (Å²) in [6.07, 6.45) is 0. The molecule has 0 heterocycles. The normalized spacial score (nSPS) is 11.4. The van der Waals surface area contributed by atoms with E-state index in [1.165, 1.54) is 12.1 Å². The fourth-order valence-electron chi connectivity index (χ4n) is 0.643. The van der Waals surface area contributed by atoms with Gasteiger partial charge in [0.15, 0.2) is 0 Å². The van der Waals surface area contributed by atoms with Crippen LogP contribution in [0.4, 0.5) is 0 Å². The maximum absolute atomic E-state index is 11.0. The number of rotatable bonds is 2. The van der Waals surface area contributed by atoms with Crippen LogP contribution >= 0.6 is 0 Å². The van der Waals surface area contributed by atoms with Crippen LogP contribution in [0, 0.1) is 0 Å². The third-order valence-corrected chi connectivity index (χ3v) is 4.43. The quantitative estimate of drug-likeness (QED) is 0.713. The second-order valence-electron chi connectivity index (χ2n) is 1.86. The van der Waals surface area contributed by atoms with Crippen LogP contribution in [0.2, 0.25) is 0 Å². The molecule has 0 aliphatic carbocycles. The van der Waals surface area contributed by atoms with Gasteiger partial charge < -0.3 is 0 Å². The first-order valence-corrected chi connectivity index (χ1v) is 5.60. The Balaban J connectivity index is 3.14. The molecule has 0 atom stereocenters. The Morgan fingerprint density at radius 1 is 1.18 bits per heavy atom. The van der Waals surface area contributed by atoms with Crippen molar-refractivity contribution in [3.05, 3.63) is 30.3 Å². The molecule has 1 aromatic rings. The maximum atomic E-state index is 11.0. The number of benzene rings is 1. The van der Waals surface area contributed by atoms with Gasteiger partial charge in [0.25, 0.3) is 0 Å². The second-order valence-corrected chi connectivity index (χ2v) is 5.08. The summed E-state index contributed by atoms with van der Waals surface area (Å²) >= 11 is 0.255. The Bertz CT molecular complexity index is 319. The van der Waals surface area contributed by atoms with Crippen LogP contribution in [-0.4, -0.2) is 31.9 Å². The molecular weight excluding hydrogens is 274 g/mol. The molecule has 3 nitrogen and oxygen atoms in total. The minimum absolute atomic E-state index is 0.215. The molecule has 0 fully saturated rings. The van der Waals surface area contributed by atoms with Crippen LogP contribution in [0.15, 0.2) is 35.2 Å². The molecule has 0 aromatic heterocycles. The molecule has 0 N–H and O–H groups in total. The van der Waals surface area contributed by atoms with Crippen LogP contribution in [0.3, 0.4) is 0 Å². The topological polar surface area (TPSA) is 43.4 Å². The zero-order chi connectivity index (χ0) is 8.32. The molecule has 0 radical (unpaired) electrons. The summed E-state index contributed by atoms with van der Waals surface area (Å²) in [5.41, 5.74) is 0. The molecule has 11 heavy (non-hydrogen) atoms. The Labute approximate surface area is 79.6 Å². The Kier molecular flexibility index (Phi) is 2.93. The van der Waals surface area contributed by atoms with Crippen molar-refractivity contribution in [3.63, 3.8) is 0 Å². The number of hydrogen-bond donors (Lipinski definition) is 0. The van der Waals surface area contributed by atoms with Gasteiger partial charge in [0.2, 0.25) is 0 Å². The SMILES string of the molecule is O=S(=O)([O][SbH2])c1ccccc1. The average Bonchev–Trinajstić information content (AvgIpc) is 2.06. The van der Waals surface area contributed by atoms with Gasteiger partial charge in [0.05, 0.1) is 0 Å². The Morgan fingerprint density at radius 3 is 2.18 bits per heavy atom. The molecule has 0 amide bonds. The molecule has 1 rings (SSSR count). The van der Waals surface area contributed by atoms with Crippen molar-refractivity contribution in [1.82, 2.24) is 0 Å². The Morgan fingerprint density at radius 2 is 1.73 bits per heavy atom. The van der Waals surface area contributed by atoms with E-state index in [1.54, 1.807) is 18.2 Å². The summed E-state index contributed by atoms with van der Waals surface area (Å²) < 4.78 is 26.4. The van der Waals surface area contributed by atoms with Gasteiger partial charge in [-0.2, -0.15) is 0 Å². The fraction of sp³-hybridized carbons (Fsp3) is 0. The van der Waals surface area contributed by atoms with E-state index in [-0.39, 0.29) is 28.3 Å². The summed E-state index contributed by atoms with van der Waals surface area (Å²) in [5, 5.41) is 0. The van der Waals surface area contributed by atoms with Gasteiger partial charge in [-0.1, -0.05) is 0 Å². The minimum atomic E-state index is -3.44. The van der Waals surface area contributed by atoms with E-state index in [4.69, 9.17) is 0 Å². The van der Waals surface area contributed by atoms with Gasteiger partial charge in [-0.25, -0.2) is 0 Å². The van der Waals surface area contributed by atoms with Crippen LogP contribution in [0.1, 0.15) is 0 Å². The van der Waals surface area contributed by atoms with Crippen molar-refractivity contribution in [2.24, 2.45) is 0 Å². The predicted octanol–water partition coefficient (Wildman–Crippen LogP) is -0.0600. The molecule has 0 spiro atoms. The van der Waals surface area contributed by atoms with E-state index in [2.05, 4.69) is 2.46 Å². The van der Waals surface area contributed by atoms with Gasteiger partial charge in [-0.05, 0) is 0 Å². The fourth-order valence-corrected chi connectivity index (χ4v) is 2.20. The molecule has 1 aromatic carbocycles. The monoisotopic (exact) mass is 280 g/mol. The Hall–Kier alpha value is -0.0518. The van der Waals surface area contributed by atoms with Gasteiger partial charge >= 0.3 is 79.7 Å². The van der Waals surface area contributed by atoms with Crippen LogP contribution in [0.5, 0.6) is 0 Å². The van der Waals surface area contributed by atoms with Crippen molar-refractivity contribution in [3.8, 4) is 0 Å². The average molecular weight is 281 g/mol. The van der Waals surface area contributed by atoms with Crippen LogP contribution < -0.4 is 0 Å². The molecule has 60 valence electrons. The van der Waals surface area contributed by atoms with Crippen molar-refractivity contribution >= 4 is 33.6 Å². The molecular formula is C6H7O3SSb. The number of hydrogen-bond acceptors (Lipinski definition) is 3. The summed E-state index contributed by atoms with van der Waals surface area (Å²) in [6.45, 7) is 0. The van der Waals surface area contributed by atoms with Gasteiger partial charge in [0, 0.05) is 0 Å². The van der Waals surface area contributed by atoms with E-state index in [1.807, 2.05) is 0 Å². The summed E-state index contributed by atoms with van der Waals surface area (Å²) in [7, 11) is -3.44. The molecule has 0 aliphatic heterocycles. The molecule has 0 unspecified atom stereocenters. The van der Waals surface area contributed by atoms with Crippen LogP contribution in [0.25, 0.3) is 0 Å². The van der Waals surface area contributed by atoms with E-state index in [0.29, 0.717) is 0 Å². The van der Waals surface area contributed by atoms with E-state index in [9.17, 15) is 8.42 Å². The zero-order valence-corrected chi connectivity index (χ0v) is 9.71. The predicted molar refractivity (Wildman–Crippen MR) is 43.3 cm³/mol. The van der Waals surface area contributed by atoms with Gasteiger partial charge in [0.1, 0.15) is 0 Å². The standard InChI is InChI=1S/C6H6O3S.Sb.2H/c7-10(8,9)6-4-2-1-3-5-6;;;/h1-5H,(H,7,8,9);;;/q;+1;;/p-1. The first kappa shape index (κ1) is 9.04. The summed E-state index contributed by atoms with van der Waals surface area (Å²) in [5.74, 6) is 0.